The van der Waals surface area contributed by atoms with Gasteiger partial charge in [-0.1, -0.05) is 70.6 Å². The summed E-state index contributed by atoms with van der Waals surface area (Å²) in [6.07, 6.45) is -23.0. The van der Waals surface area contributed by atoms with Crippen LogP contribution in [-0.2, 0) is 26.1 Å². The molecule has 4 saturated heterocycles. The van der Waals surface area contributed by atoms with Crippen molar-refractivity contribution in [1.29, 1.82) is 21.0 Å². The lowest BCUT2D eigenvalue weighted by molar-refractivity contribution is 0.211. The second-order valence-electron chi connectivity index (χ2n) is 20.5. The van der Waals surface area contributed by atoms with Crippen LogP contribution in [0, 0.1) is 68.6 Å². The molecule has 4 N–H and O–H groups in total. The van der Waals surface area contributed by atoms with Crippen molar-refractivity contribution in [2.45, 2.75) is 101 Å². The van der Waals surface area contributed by atoms with E-state index in [1.54, 1.807) is 11.0 Å². The van der Waals surface area contributed by atoms with Crippen LogP contribution in [-0.4, -0.2) is 136 Å². The fraction of sp³-hybridized carbons (Fsp3) is 0.316. The minimum Gasteiger partial charge on any atom is -0.367 e. The molecule has 20 nitrogen and oxygen atoms in total. The van der Waals surface area contributed by atoms with Crippen LogP contribution in [0.3, 0.4) is 0 Å². The average Bonchev–Trinajstić information content (AvgIpc) is 0.782. The molecule has 4 fully saturated rings. The van der Waals surface area contributed by atoms with Gasteiger partial charge in [0.25, 0.3) is 0 Å². The minimum atomic E-state index is -4.19. The van der Waals surface area contributed by atoms with Gasteiger partial charge in [-0.3, -0.25) is 19.6 Å². The Morgan fingerprint density at radius 1 is 0.444 bits per heavy atom. The van der Waals surface area contributed by atoms with Crippen molar-refractivity contribution < 1.29 is 91.7 Å². The molecular formula is C76H68Cl4F4N20S4. The van der Waals surface area contributed by atoms with E-state index in [0.29, 0.717) is 64.6 Å². The fourth-order valence-corrected chi connectivity index (χ4v) is 12.8. The molecule has 3 atom stereocenters. The van der Waals surface area contributed by atoms with Gasteiger partial charge in [0.1, 0.15) is 113 Å². The number of halogens is 8. The van der Waals surface area contributed by atoms with Crippen LogP contribution >= 0.6 is 91.8 Å². The average molecular weight is 1660 g/mol. The molecule has 0 radical (unpaired) electrons. The van der Waals surface area contributed by atoms with E-state index in [1.165, 1.54) is 29.8 Å². The summed E-state index contributed by atoms with van der Waals surface area (Å²) in [7, 11) is 0. The third-order valence-corrected chi connectivity index (χ3v) is 18.0. The molecule has 0 spiro atoms. The highest BCUT2D eigenvalue weighted by Crippen LogP contribution is 2.37. The zero-order valence-corrected chi connectivity index (χ0v) is 59.2. The number of aromatic nitrogens is 8. The highest BCUT2D eigenvalue weighted by atomic mass is 35.5. The smallest absolute Gasteiger partial charge is 0.162 e. The monoisotopic (exact) mass is 1660 g/mol. The number of benzene rings is 4. The van der Waals surface area contributed by atoms with Crippen molar-refractivity contribution >= 4 is 156 Å². The maximum Gasteiger partial charge on any atom is 0.162 e. The Labute approximate surface area is 732 Å². The van der Waals surface area contributed by atoms with Crippen LogP contribution in [0.15, 0.2) is 122 Å². The van der Waals surface area contributed by atoms with E-state index in [2.05, 4.69) is 39.9 Å². The Bertz CT molecular complexity index is 8200. The zero-order valence-electron chi connectivity index (χ0n) is 107. The van der Waals surface area contributed by atoms with Gasteiger partial charge in [0.05, 0.1) is 92.0 Å². The summed E-state index contributed by atoms with van der Waals surface area (Å²) in [4.78, 5) is 30.4. The predicted octanol–water partition coefficient (Wildman–Crippen LogP) is 17.7. The summed E-state index contributed by atoms with van der Waals surface area (Å²) in [5.41, 5.74) is -7.66. The van der Waals surface area contributed by atoms with Crippen molar-refractivity contribution in [2.75, 3.05) is 73.3 Å². The van der Waals surface area contributed by atoms with E-state index >= 15 is 0 Å². The number of thiophene rings is 4. The summed E-state index contributed by atoms with van der Waals surface area (Å²) >= 11 is 27.2. The van der Waals surface area contributed by atoms with Crippen molar-refractivity contribution in [1.82, 2.24) is 59.5 Å². The van der Waals surface area contributed by atoms with Crippen molar-refractivity contribution in [2.24, 2.45) is 0 Å². The first kappa shape index (κ1) is 34.9. The number of anilines is 4. The number of hydrogen-bond donors (Lipinski definition) is 4. The van der Waals surface area contributed by atoms with E-state index < -0.39 is 320 Å². The molecule has 3 unspecified atom stereocenters. The minimum absolute atomic E-state index is 0.0200. The van der Waals surface area contributed by atoms with Gasteiger partial charge in [-0.15, -0.1) is 45.3 Å². The first-order valence-corrected chi connectivity index (χ1v) is 34.3. The third kappa shape index (κ3) is 20.0. The molecule has 108 heavy (non-hydrogen) atoms. The predicted molar refractivity (Wildman–Crippen MR) is 422 cm³/mol. The molecule has 16 rings (SSSR count). The standard InChI is InChI=1S/4C19H17ClFN5S/c3*20-17-8-15-18(23-11-24-19(15)27-17)25-14-3-5-26(6-4-14)10-12-1-2-16(21)13(7-12)9-22;20-17-8-16-18(27-17)19(24-11-23-16)25-14-3-5-26(6-4-14)10-12-1-2-15(21)13(7-12)9-22/h4*1-2,7-8,11,14H,3-6,10H2,(H,23,24,25)/i1D,2D,3D2,4D2,5D2,6D2,7D,8D,10D2,11D,14D;1D,2D,3D2,4D2,5D2,6D2,7D,8D,10D,11D,14D;1D,2D,3D2,4D2,5D2,6D2,7D,8D,10D,14D;1D,2D,7D,8D,10D/hD4. The summed E-state index contributed by atoms with van der Waals surface area (Å²) in [5, 5.41) is 36.1. The Hall–Kier alpha value is -9.08. The molecule has 12 heterocycles. The van der Waals surface area contributed by atoms with Gasteiger partial charge < -0.3 is 21.2 Å². The first-order valence-electron chi connectivity index (χ1n) is 56.5. The molecule has 8 aromatic heterocycles. The Morgan fingerprint density at radius 3 is 1.24 bits per heavy atom. The van der Waals surface area contributed by atoms with Gasteiger partial charge in [0, 0.05) is 142 Å². The lowest BCUT2D eigenvalue weighted by Crippen LogP contribution is -2.38. The van der Waals surface area contributed by atoms with Crippen molar-refractivity contribution in [3.63, 3.8) is 0 Å². The summed E-state index contributed by atoms with van der Waals surface area (Å²) in [6, 6.07) is -22.1. The number of nitrogens with one attached hydrogen (secondary N) is 4. The lowest BCUT2D eigenvalue weighted by atomic mass is 10.0. The van der Waals surface area contributed by atoms with E-state index in [-0.39, 0.29) is 80.6 Å². The SMILES string of the molecule is [2H]c1c([2H])c(C([2H])N2C([2H])([2H])C([2H])([2H])C([2H])(N([2H])c3ncnc4sc(Cl)c([2H])c34)C([2H])([2H])C2([2H])[2H])c([2H])c(C#N)c1F.[2H]c1c([2H])c(C([2H])N2CCC(N([2H])c3ncnc4c([2H])c(Cl)sc34)CC2)c([2H])c(C#N)c1F.[2H]c1nc(N([2H])C2([2H])C([2H])([2H])C([2H])([2H])N(C([2H])([2H])c3c([2H])c([2H])c(F)c(C#N)c3[2H])C([2H])([2H])C2([2H])[2H])c2c([2H])c(Cl)sc2n1.[2H]c1nc(N([2H])C2([2H])C([2H])([2H])C([2H])([2H])N(C([2H])c3c([2H])c([2H])c(F)c(C#N)c3[2H])C([2H])([2H])C2([2H])[2H])c2c([2H])c(Cl)sc2n1. The summed E-state index contributed by atoms with van der Waals surface area (Å²) in [6.45, 7) is -34.2. The van der Waals surface area contributed by atoms with Crippen LogP contribution in [0.25, 0.3) is 40.9 Å². The summed E-state index contributed by atoms with van der Waals surface area (Å²) < 4.78 is 514. The molecular weight excluding hydrogens is 1540 g/mol. The van der Waals surface area contributed by atoms with E-state index in [0.717, 1.165) is 29.0 Å². The fourth-order valence-electron chi connectivity index (χ4n) is 8.84. The maximum absolute atomic E-state index is 14.5. The quantitative estimate of drug-likeness (QED) is 0.0655. The number of hydrogen-bond acceptors (Lipinski definition) is 24. The number of rotatable bonds is 16. The van der Waals surface area contributed by atoms with Crippen molar-refractivity contribution in [3.8, 4) is 24.3 Å². The lowest BCUT2D eigenvalue weighted by Gasteiger charge is -2.32. The Kier molecular flexibility index (Phi) is 11.8. The molecule has 0 saturated carbocycles. The topological polar surface area (TPSA) is 259 Å². The number of likely N-dealkylation sites (tertiary alicyclic amines) is 4. The van der Waals surface area contributed by atoms with Crippen LogP contribution in [0.5, 0.6) is 0 Å². The Balaban J connectivity index is 0.000000179. The largest absolute Gasteiger partial charge is 0.367 e. The van der Waals surface area contributed by atoms with Crippen LogP contribution in [0.1, 0.15) is 164 Å². The second-order valence-corrected chi connectivity index (χ2v) is 26.9. The third-order valence-electron chi connectivity index (χ3n) is 13.5. The molecule has 552 valence electrons. The normalized spacial score (nSPS) is 30.4. The summed E-state index contributed by atoms with van der Waals surface area (Å²) in [5.74, 6) is -8.49. The number of piperidine rings is 4. The van der Waals surface area contributed by atoms with Gasteiger partial charge in [-0.25, -0.2) is 57.4 Å². The zero-order chi connectivity index (χ0) is 123. The number of nitriles is 4. The van der Waals surface area contributed by atoms with Gasteiger partial charge in [0.15, 0.2) is 5.65 Å². The molecule has 4 aliphatic heterocycles. The molecule has 0 aliphatic carbocycles. The molecule has 12 aromatic rings. The molecule has 4 aromatic carbocycles. The molecule has 0 bridgehead atoms. The van der Waals surface area contributed by atoms with Gasteiger partial charge >= 0.3 is 0 Å². The van der Waals surface area contributed by atoms with Gasteiger partial charge in [-0.2, -0.15) is 21.0 Å². The molecule has 4 aliphatic rings. The van der Waals surface area contributed by atoms with Gasteiger partial charge in [-0.05, 0) is 146 Å². The highest BCUT2D eigenvalue weighted by Gasteiger charge is 2.27. The van der Waals surface area contributed by atoms with Crippen LogP contribution < -0.4 is 21.2 Å². The van der Waals surface area contributed by atoms with E-state index in [4.69, 9.17) is 126 Å². The second kappa shape index (κ2) is 36.4. The van der Waals surface area contributed by atoms with Crippen LogP contribution in [0.2, 0.25) is 23.0 Å². The highest BCUT2D eigenvalue weighted by molar-refractivity contribution is 7.23. The maximum atomic E-state index is 14.5. The molecule has 32 heteroatoms. The van der Waals surface area contributed by atoms with E-state index in [9.17, 15) is 33.3 Å². The van der Waals surface area contributed by atoms with Crippen LogP contribution in [0.4, 0.5) is 40.8 Å². The van der Waals surface area contributed by atoms with E-state index in [1.807, 2.05) is 0 Å². The Morgan fingerprint density at radius 2 is 0.806 bits per heavy atom. The van der Waals surface area contributed by atoms with Gasteiger partial charge in [0.2, 0.25) is 0 Å². The number of nitrogens with zero attached hydrogens (tertiary/aromatic N) is 16. The first-order chi connectivity index (χ1) is 74.0. The van der Waals surface area contributed by atoms with Crippen molar-refractivity contribution in [3.05, 3.63) is 207 Å². The number of fused-ring (bicyclic) bond motifs is 4. The molecule has 0 amide bonds.